The number of nitrogens with zero attached hydrogens (tertiary/aromatic N) is 3. The molecule has 2 heterocycles. The van der Waals surface area contributed by atoms with E-state index in [9.17, 15) is 0 Å². The second kappa shape index (κ2) is 6.03. The lowest BCUT2D eigenvalue weighted by Gasteiger charge is -2.08. The zero-order chi connectivity index (χ0) is 15.5. The van der Waals surface area contributed by atoms with Crippen molar-refractivity contribution in [3.8, 4) is 22.8 Å². The third kappa shape index (κ3) is 2.48. The first kappa shape index (κ1) is 14.3. The first-order chi connectivity index (χ1) is 10.8. The SMILES string of the molecule is COc1cc(OC)cc(-c2nn3cccnc3c2CCN)c1. The van der Waals surface area contributed by atoms with Crippen LogP contribution in [-0.2, 0) is 6.42 Å². The van der Waals surface area contributed by atoms with Crippen LogP contribution in [0.25, 0.3) is 16.9 Å². The molecule has 0 amide bonds. The summed E-state index contributed by atoms with van der Waals surface area (Å²) in [7, 11) is 3.26. The van der Waals surface area contributed by atoms with Crippen LogP contribution in [0.1, 0.15) is 5.56 Å². The fourth-order valence-electron chi connectivity index (χ4n) is 2.48. The quantitative estimate of drug-likeness (QED) is 0.779. The minimum atomic E-state index is 0.534. The lowest BCUT2D eigenvalue weighted by molar-refractivity contribution is 0.394. The molecular weight excluding hydrogens is 280 g/mol. The Morgan fingerprint density at radius 1 is 1.14 bits per heavy atom. The van der Waals surface area contributed by atoms with E-state index in [0.29, 0.717) is 13.0 Å². The standard InChI is InChI=1S/C16H18N4O2/c1-21-12-8-11(9-13(10-12)22-2)15-14(4-5-17)16-18-6-3-7-20(16)19-15/h3,6-10H,4-5,17H2,1-2H3. The molecular formula is C16H18N4O2. The van der Waals surface area contributed by atoms with Gasteiger partial charge in [-0.3, -0.25) is 0 Å². The van der Waals surface area contributed by atoms with E-state index < -0.39 is 0 Å². The molecule has 0 unspecified atom stereocenters. The van der Waals surface area contributed by atoms with Crippen molar-refractivity contribution in [3.63, 3.8) is 0 Å². The van der Waals surface area contributed by atoms with Gasteiger partial charge in [0.05, 0.1) is 19.9 Å². The first-order valence-corrected chi connectivity index (χ1v) is 7.02. The Bertz CT molecular complexity index is 776. The molecule has 0 spiro atoms. The fourth-order valence-corrected chi connectivity index (χ4v) is 2.48. The number of nitrogens with two attached hydrogens (primary N) is 1. The lowest BCUT2D eigenvalue weighted by atomic mass is 10.0. The maximum Gasteiger partial charge on any atom is 0.158 e. The number of hydrogen-bond acceptors (Lipinski definition) is 5. The van der Waals surface area contributed by atoms with Gasteiger partial charge < -0.3 is 15.2 Å². The Kier molecular flexibility index (Phi) is 3.93. The van der Waals surface area contributed by atoms with Crippen LogP contribution >= 0.6 is 0 Å². The topological polar surface area (TPSA) is 74.7 Å². The third-order valence-electron chi connectivity index (χ3n) is 3.51. The summed E-state index contributed by atoms with van der Waals surface area (Å²) in [6.07, 6.45) is 4.34. The highest BCUT2D eigenvalue weighted by atomic mass is 16.5. The fraction of sp³-hybridized carbons (Fsp3) is 0.250. The summed E-state index contributed by atoms with van der Waals surface area (Å²) in [5.74, 6) is 1.44. The second-order valence-corrected chi connectivity index (χ2v) is 4.86. The van der Waals surface area contributed by atoms with Crippen LogP contribution in [0.3, 0.4) is 0 Å². The van der Waals surface area contributed by atoms with Gasteiger partial charge in [0.1, 0.15) is 11.5 Å². The molecule has 0 aliphatic rings. The largest absolute Gasteiger partial charge is 0.497 e. The number of ether oxygens (including phenoxy) is 2. The van der Waals surface area contributed by atoms with Crippen molar-refractivity contribution in [2.75, 3.05) is 20.8 Å². The maximum atomic E-state index is 5.76. The normalized spacial score (nSPS) is 10.9. The molecule has 0 saturated heterocycles. The number of hydrogen-bond donors (Lipinski definition) is 1. The summed E-state index contributed by atoms with van der Waals surface area (Å²) < 4.78 is 12.4. The van der Waals surface area contributed by atoms with Crippen molar-refractivity contribution in [2.45, 2.75) is 6.42 Å². The Morgan fingerprint density at radius 2 is 1.86 bits per heavy atom. The van der Waals surface area contributed by atoms with Gasteiger partial charge in [-0.15, -0.1) is 0 Å². The number of rotatable bonds is 5. The van der Waals surface area contributed by atoms with Gasteiger partial charge in [-0.1, -0.05) is 0 Å². The molecule has 0 atom stereocenters. The van der Waals surface area contributed by atoms with E-state index >= 15 is 0 Å². The summed E-state index contributed by atoms with van der Waals surface area (Å²) >= 11 is 0. The number of methoxy groups -OCH3 is 2. The van der Waals surface area contributed by atoms with Gasteiger partial charge in [0.15, 0.2) is 5.65 Å². The summed E-state index contributed by atoms with van der Waals surface area (Å²) in [4.78, 5) is 4.41. The zero-order valence-electron chi connectivity index (χ0n) is 12.6. The molecule has 2 aromatic heterocycles. The lowest BCUT2D eigenvalue weighted by Crippen LogP contribution is -2.04. The monoisotopic (exact) mass is 298 g/mol. The van der Waals surface area contributed by atoms with Crippen molar-refractivity contribution in [2.24, 2.45) is 5.73 Å². The summed E-state index contributed by atoms with van der Waals surface area (Å²) in [6.45, 7) is 0.534. The summed E-state index contributed by atoms with van der Waals surface area (Å²) in [6, 6.07) is 7.55. The van der Waals surface area contributed by atoms with Gasteiger partial charge in [0.25, 0.3) is 0 Å². The number of benzene rings is 1. The highest BCUT2D eigenvalue weighted by Crippen LogP contribution is 2.32. The van der Waals surface area contributed by atoms with Gasteiger partial charge in [0, 0.05) is 29.6 Å². The molecule has 6 nitrogen and oxygen atoms in total. The molecule has 1 aromatic carbocycles. The van der Waals surface area contributed by atoms with Crippen molar-refractivity contribution < 1.29 is 9.47 Å². The van der Waals surface area contributed by atoms with Gasteiger partial charge in [-0.05, 0) is 31.2 Å². The van der Waals surface area contributed by atoms with E-state index in [0.717, 1.165) is 34.0 Å². The van der Waals surface area contributed by atoms with E-state index in [1.807, 2.05) is 30.5 Å². The first-order valence-electron chi connectivity index (χ1n) is 7.02. The van der Waals surface area contributed by atoms with Crippen LogP contribution in [-0.4, -0.2) is 35.4 Å². The predicted molar refractivity (Wildman–Crippen MR) is 84.3 cm³/mol. The molecule has 0 aliphatic heterocycles. The summed E-state index contributed by atoms with van der Waals surface area (Å²) in [5, 5.41) is 4.64. The van der Waals surface area contributed by atoms with Gasteiger partial charge in [-0.2, -0.15) is 5.10 Å². The molecule has 0 bridgehead atoms. The molecule has 0 fully saturated rings. The Labute approximate surface area is 128 Å². The molecule has 3 rings (SSSR count). The van der Waals surface area contributed by atoms with Crippen LogP contribution in [0.2, 0.25) is 0 Å². The van der Waals surface area contributed by atoms with E-state index in [1.165, 1.54) is 0 Å². The smallest absolute Gasteiger partial charge is 0.158 e. The van der Waals surface area contributed by atoms with Gasteiger partial charge in [0.2, 0.25) is 0 Å². The van der Waals surface area contributed by atoms with Crippen molar-refractivity contribution in [1.82, 2.24) is 14.6 Å². The predicted octanol–water partition coefficient (Wildman–Crippen LogP) is 1.91. The minimum Gasteiger partial charge on any atom is -0.497 e. The van der Waals surface area contributed by atoms with Crippen molar-refractivity contribution in [3.05, 3.63) is 42.2 Å². The molecule has 0 aliphatic carbocycles. The summed E-state index contributed by atoms with van der Waals surface area (Å²) in [5.41, 5.74) is 9.38. The number of aromatic nitrogens is 3. The molecule has 22 heavy (non-hydrogen) atoms. The molecule has 0 radical (unpaired) electrons. The van der Waals surface area contributed by atoms with Gasteiger partial charge in [-0.25, -0.2) is 9.50 Å². The van der Waals surface area contributed by atoms with E-state index in [4.69, 9.17) is 15.2 Å². The van der Waals surface area contributed by atoms with Crippen LogP contribution in [0, 0.1) is 0 Å². The average molecular weight is 298 g/mol. The van der Waals surface area contributed by atoms with Crippen LogP contribution in [0.4, 0.5) is 0 Å². The highest BCUT2D eigenvalue weighted by Gasteiger charge is 2.16. The Hall–Kier alpha value is -2.60. The average Bonchev–Trinajstić information content (AvgIpc) is 2.93. The molecule has 2 N–H and O–H groups in total. The van der Waals surface area contributed by atoms with Gasteiger partial charge >= 0.3 is 0 Å². The van der Waals surface area contributed by atoms with E-state index in [1.54, 1.807) is 24.9 Å². The Morgan fingerprint density at radius 3 is 2.50 bits per heavy atom. The molecule has 114 valence electrons. The van der Waals surface area contributed by atoms with Crippen LogP contribution in [0.15, 0.2) is 36.7 Å². The van der Waals surface area contributed by atoms with Crippen molar-refractivity contribution in [1.29, 1.82) is 0 Å². The Balaban J connectivity index is 2.22. The minimum absolute atomic E-state index is 0.534. The molecule has 0 saturated carbocycles. The third-order valence-corrected chi connectivity index (χ3v) is 3.51. The molecule has 3 aromatic rings. The number of fused-ring (bicyclic) bond motifs is 1. The van der Waals surface area contributed by atoms with Crippen LogP contribution < -0.4 is 15.2 Å². The maximum absolute atomic E-state index is 5.76. The zero-order valence-corrected chi connectivity index (χ0v) is 12.6. The van der Waals surface area contributed by atoms with Crippen LogP contribution in [0.5, 0.6) is 11.5 Å². The highest BCUT2D eigenvalue weighted by molar-refractivity contribution is 5.72. The van der Waals surface area contributed by atoms with Crippen molar-refractivity contribution >= 4 is 5.65 Å². The van der Waals surface area contributed by atoms with E-state index in [2.05, 4.69) is 10.1 Å². The second-order valence-electron chi connectivity index (χ2n) is 4.86. The molecule has 6 heteroatoms. The van der Waals surface area contributed by atoms with E-state index in [-0.39, 0.29) is 0 Å².